The van der Waals surface area contributed by atoms with Crippen molar-refractivity contribution in [3.8, 4) is 0 Å². The highest BCUT2D eigenvalue weighted by Gasteiger charge is 2.23. The Morgan fingerprint density at radius 3 is 2.65 bits per heavy atom. The quantitative estimate of drug-likeness (QED) is 0.925. The fraction of sp³-hybridized carbons (Fsp3) is 0.357. The van der Waals surface area contributed by atoms with Gasteiger partial charge >= 0.3 is 0 Å². The predicted octanol–water partition coefficient (Wildman–Crippen LogP) is 2.31. The first kappa shape index (κ1) is 15.9. The lowest BCUT2D eigenvalue weighted by molar-refractivity contribution is 0.0557. The average molecular weight is 343 g/mol. The fourth-order valence-corrected chi connectivity index (χ4v) is 3.57. The zero-order valence-electron chi connectivity index (χ0n) is 12.1. The summed E-state index contributed by atoms with van der Waals surface area (Å²) in [5.74, 6) is -1.69. The van der Waals surface area contributed by atoms with Gasteiger partial charge in [0.05, 0.1) is 23.7 Å². The van der Waals surface area contributed by atoms with Gasteiger partial charge in [0.25, 0.3) is 10.0 Å². The Morgan fingerprint density at radius 2 is 2.00 bits per heavy atom. The number of aromatic nitrogens is 2. The zero-order valence-corrected chi connectivity index (χ0v) is 12.9. The number of rotatable bonds is 4. The van der Waals surface area contributed by atoms with Gasteiger partial charge in [-0.05, 0) is 25.0 Å². The molecule has 1 aliphatic heterocycles. The van der Waals surface area contributed by atoms with Crippen LogP contribution in [0.3, 0.4) is 0 Å². The summed E-state index contributed by atoms with van der Waals surface area (Å²) >= 11 is 0. The van der Waals surface area contributed by atoms with Crippen LogP contribution >= 0.6 is 0 Å². The topological polar surface area (TPSA) is 73.2 Å². The third kappa shape index (κ3) is 3.50. The number of anilines is 1. The molecule has 0 bridgehead atoms. The van der Waals surface area contributed by atoms with Crippen molar-refractivity contribution in [3.05, 3.63) is 42.1 Å². The Hall–Kier alpha value is -2.00. The van der Waals surface area contributed by atoms with Crippen LogP contribution in [0.4, 0.5) is 14.6 Å². The highest BCUT2D eigenvalue weighted by molar-refractivity contribution is 7.92. The highest BCUT2D eigenvalue weighted by Crippen LogP contribution is 2.25. The van der Waals surface area contributed by atoms with E-state index >= 15 is 0 Å². The van der Waals surface area contributed by atoms with E-state index in [1.54, 1.807) is 0 Å². The van der Waals surface area contributed by atoms with Gasteiger partial charge in [-0.1, -0.05) is 0 Å². The van der Waals surface area contributed by atoms with Crippen molar-refractivity contribution in [1.82, 2.24) is 9.78 Å². The summed E-state index contributed by atoms with van der Waals surface area (Å²) in [5, 5.41) is 4.11. The molecule has 1 aromatic carbocycles. The summed E-state index contributed by atoms with van der Waals surface area (Å²) in [4.78, 5) is -0.484. The summed E-state index contributed by atoms with van der Waals surface area (Å²) < 4.78 is 60.3. The molecule has 1 aromatic heterocycles. The number of hydrogen-bond donors (Lipinski definition) is 1. The maximum absolute atomic E-state index is 13.2. The fourth-order valence-electron chi connectivity index (χ4n) is 2.48. The maximum atomic E-state index is 13.2. The van der Waals surface area contributed by atoms with Crippen LogP contribution in [-0.2, 0) is 14.8 Å². The molecule has 2 aromatic rings. The normalized spacial score (nSPS) is 18.8. The van der Waals surface area contributed by atoms with Gasteiger partial charge in [-0.3, -0.25) is 4.72 Å². The van der Waals surface area contributed by atoms with E-state index in [1.165, 1.54) is 16.9 Å². The first-order valence-electron chi connectivity index (χ1n) is 7.06. The second-order valence-electron chi connectivity index (χ2n) is 5.24. The van der Waals surface area contributed by atoms with Crippen LogP contribution in [0.1, 0.15) is 18.9 Å². The monoisotopic (exact) mass is 343 g/mol. The van der Waals surface area contributed by atoms with Gasteiger partial charge in [-0.2, -0.15) is 5.10 Å². The van der Waals surface area contributed by atoms with Crippen molar-refractivity contribution >= 4 is 15.8 Å². The Bertz CT molecular complexity index is 781. The van der Waals surface area contributed by atoms with E-state index < -0.39 is 26.6 Å². The SMILES string of the molecule is O=S(=O)(Nc1ccnn1C1CCCOC1)c1cc(F)cc(F)c1. The Labute approximate surface area is 132 Å². The minimum absolute atomic E-state index is 0.0827. The summed E-state index contributed by atoms with van der Waals surface area (Å²) in [6, 6.07) is 3.54. The van der Waals surface area contributed by atoms with Gasteiger partial charge in [0.1, 0.15) is 17.5 Å². The number of ether oxygens (including phenoxy) is 1. The standard InChI is InChI=1S/C14H15F2N3O3S/c15-10-6-11(16)8-13(7-10)23(20,21)18-14-3-4-17-19(14)12-2-1-5-22-9-12/h3-4,6-8,12,18H,1-2,5,9H2. The Balaban J connectivity index is 1.88. The van der Waals surface area contributed by atoms with Crippen molar-refractivity contribution in [2.75, 3.05) is 17.9 Å². The van der Waals surface area contributed by atoms with Crippen LogP contribution < -0.4 is 4.72 Å². The van der Waals surface area contributed by atoms with Crippen molar-refractivity contribution in [1.29, 1.82) is 0 Å². The lowest BCUT2D eigenvalue weighted by atomic mass is 10.1. The van der Waals surface area contributed by atoms with Crippen LogP contribution in [0.15, 0.2) is 35.4 Å². The molecular weight excluding hydrogens is 328 g/mol. The number of benzene rings is 1. The Morgan fingerprint density at radius 1 is 1.26 bits per heavy atom. The van der Waals surface area contributed by atoms with E-state index in [9.17, 15) is 17.2 Å². The van der Waals surface area contributed by atoms with Crippen LogP contribution in [-0.4, -0.2) is 31.4 Å². The summed E-state index contributed by atoms with van der Waals surface area (Å²) in [6.07, 6.45) is 3.12. The number of nitrogens with zero attached hydrogens (tertiary/aromatic N) is 2. The van der Waals surface area contributed by atoms with Crippen molar-refractivity contribution in [2.45, 2.75) is 23.8 Å². The number of sulfonamides is 1. The molecule has 1 N–H and O–H groups in total. The number of nitrogens with one attached hydrogen (secondary N) is 1. The van der Waals surface area contributed by atoms with Gasteiger partial charge in [0, 0.05) is 18.7 Å². The smallest absolute Gasteiger partial charge is 0.263 e. The summed E-state index contributed by atoms with van der Waals surface area (Å²) in [7, 11) is -4.12. The lowest BCUT2D eigenvalue weighted by Crippen LogP contribution is -2.25. The summed E-state index contributed by atoms with van der Waals surface area (Å²) in [6.45, 7) is 1.10. The molecule has 0 spiro atoms. The third-order valence-corrected chi connectivity index (χ3v) is 4.87. The highest BCUT2D eigenvalue weighted by atomic mass is 32.2. The predicted molar refractivity (Wildman–Crippen MR) is 78.5 cm³/mol. The van der Waals surface area contributed by atoms with Crippen molar-refractivity contribution < 1.29 is 21.9 Å². The van der Waals surface area contributed by atoms with Crippen LogP contribution in [0.2, 0.25) is 0 Å². The largest absolute Gasteiger partial charge is 0.379 e. The van der Waals surface area contributed by atoms with Gasteiger partial charge in [0.2, 0.25) is 0 Å². The van der Waals surface area contributed by atoms with E-state index in [2.05, 4.69) is 9.82 Å². The van der Waals surface area contributed by atoms with E-state index in [0.29, 0.717) is 19.3 Å². The molecule has 0 amide bonds. The molecule has 1 atom stereocenters. The average Bonchev–Trinajstić information content (AvgIpc) is 2.94. The molecule has 0 saturated carbocycles. The van der Waals surface area contributed by atoms with E-state index in [1.807, 2.05) is 0 Å². The first-order valence-corrected chi connectivity index (χ1v) is 8.54. The van der Waals surface area contributed by atoms with E-state index in [-0.39, 0.29) is 11.9 Å². The first-order chi connectivity index (χ1) is 11.0. The summed E-state index contributed by atoms with van der Waals surface area (Å²) in [5.41, 5.74) is 0. The molecule has 6 nitrogen and oxygen atoms in total. The Kier molecular flexibility index (Phi) is 4.31. The third-order valence-electron chi connectivity index (χ3n) is 3.54. The van der Waals surface area contributed by atoms with Crippen LogP contribution in [0, 0.1) is 11.6 Å². The van der Waals surface area contributed by atoms with E-state index in [4.69, 9.17) is 4.74 Å². The van der Waals surface area contributed by atoms with Crippen LogP contribution in [0.25, 0.3) is 0 Å². The van der Waals surface area contributed by atoms with Gasteiger partial charge < -0.3 is 4.74 Å². The second-order valence-corrected chi connectivity index (χ2v) is 6.93. The zero-order chi connectivity index (χ0) is 16.4. The molecular formula is C14H15F2N3O3S. The molecule has 9 heteroatoms. The van der Waals surface area contributed by atoms with Crippen LogP contribution in [0.5, 0.6) is 0 Å². The number of halogens is 2. The maximum Gasteiger partial charge on any atom is 0.263 e. The minimum Gasteiger partial charge on any atom is -0.379 e. The van der Waals surface area contributed by atoms with Crippen molar-refractivity contribution in [3.63, 3.8) is 0 Å². The lowest BCUT2D eigenvalue weighted by Gasteiger charge is -2.24. The molecule has 1 aliphatic rings. The van der Waals surface area contributed by atoms with Gasteiger partial charge in [0.15, 0.2) is 0 Å². The molecule has 3 rings (SSSR count). The minimum atomic E-state index is -4.12. The molecule has 1 saturated heterocycles. The molecule has 0 aliphatic carbocycles. The molecule has 0 radical (unpaired) electrons. The molecule has 23 heavy (non-hydrogen) atoms. The van der Waals surface area contributed by atoms with Gasteiger partial charge in [-0.25, -0.2) is 21.9 Å². The number of hydrogen-bond acceptors (Lipinski definition) is 4. The molecule has 1 unspecified atom stereocenters. The molecule has 2 heterocycles. The molecule has 1 fully saturated rings. The van der Waals surface area contributed by atoms with Crippen molar-refractivity contribution in [2.24, 2.45) is 0 Å². The molecule has 124 valence electrons. The van der Waals surface area contributed by atoms with E-state index in [0.717, 1.165) is 25.0 Å². The second kappa shape index (κ2) is 6.25. The van der Waals surface area contributed by atoms with Gasteiger partial charge in [-0.15, -0.1) is 0 Å².